The number of anilines is 1. The lowest BCUT2D eigenvalue weighted by Gasteiger charge is -2.01. The third-order valence-electron chi connectivity index (χ3n) is 2.58. The van der Waals surface area contributed by atoms with Crippen molar-refractivity contribution in [2.75, 3.05) is 11.9 Å². The van der Waals surface area contributed by atoms with Crippen LogP contribution in [0, 0.1) is 13.8 Å². The van der Waals surface area contributed by atoms with Gasteiger partial charge in [0.15, 0.2) is 5.13 Å². The van der Waals surface area contributed by atoms with Crippen LogP contribution in [-0.4, -0.2) is 17.3 Å². The lowest BCUT2D eigenvalue weighted by atomic mass is 10.0. The average Bonchev–Trinajstić information content (AvgIpc) is 2.85. The molecular weight excluding hydrogens is 244 g/mol. The van der Waals surface area contributed by atoms with Gasteiger partial charge >= 0.3 is 0 Å². The quantitative estimate of drug-likeness (QED) is 0.838. The fraction of sp³-hybridized carbons (Fsp3) is 0.214. The molecule has 4 heteroatoms. The summed E-state index contributed by atoms with van der Waals surface area (Å²) >= 11 is 1.45. The minimum atomic E-state index is -0.0213. The van der Waals surface area contributed by atoms with Gasteiger partial charge in [0.2, 0.25) is 5.78 Å². The second-order valence-corrected chi connectivity index (χ2v) is 4.82. The number of rotatable bonds is 5. The van der Waals surface area contributed by atoms with Crippen molar-refractivity contribution in [3.05, 3.63) is 53.4 Å². The summed E-state index contributed by atoms with van der Waals surface area (Å²) in [6.07, 6.45) is 0.792. The molecule has 18 heavy (non-hydrogen) atoms. The molecule has 0 saturated carbocycles. The Morgan fingerprint density at radius 2 is 2.22 bits per heavy atom. The van der Waals surface area contributed by atoms with E-state index in [9.17, 15) is 4.79 Å². The lowest BCUT2D eigenvalue weighted by Crippen LogP contribution is -2.05. The van der Waals surface area contributed by atoms with E-state index in [1.165, 1.54) is 11.3 Å². The number of nitrogens with zero attached hydrogens (tertiary/aromatic N) is 1. The summed E-state index contributed by atoms with van der Waals surface area (Å²) in [6.45, 7) is 6.45. The first-order valence-corrected chi connectivity index (χ1v) is 6.69. The van der Waals surface area contributed by atoms with Crippen molar-refractivity contribution in [3.8, 4) is 0 Å². The van der Waals surface area contributed by atoms with E-state index in [0.29, 0.717) is 11.3 Å². The van der Waals surface area contributed by atoms with Crippen LogP contribution in [0.3, 0.4) is 0 Å². The first-order valence-electron chi connectivity index (χ1n) is 5.81. The van der Waals surface area contributed by atoms with E-state index in [1.54, 1.807) is 5.38 Å². The van der Waals surface area contributed by atoms with Gasteiger partial charge in [-0.1, -0.05) is 31.2 Å². The number of ketones is 1. The molecular formula is C14H15N2OS. The number of nitrogens with one attached hydrogen (secondary N) is 1. The predicted molar refractivity (Wildman–Crippen MR) is 75.2 cm³/mol. The highest BCUT2D eigenvalue weighted by molar-refractivity contribution is 7.13. The largest absolute Gasteiger partial charge is 0.362 e. The number of hydrogen-bond acceptors (Lipinski definition) is 4. The molecule has 3 nitrogen and oxygen atoms in total. The van der Waals surface area contributed by atoms with Crippen molar-refractivity contribution in [2.45, 2.75) is 13.3 Å². The molecule has 0 saturated heterocycles. The molecule has 0 aliphatic heterocycles. The molecule has 2 rings (SSSR count). The zero-order chi connectivity index (χ0) is 13.0. The smallest absolute Gasteiger partial charge is 0.212 e. The van der Waals surface area contributed by atoms with Gasteiger partial charge in [0.05, 0.1) is 0 Å². The van der Waals surface area contributed by atoms with Crippen LogP contribution < -0.4 is 5.32 Å². The molecule has 1 aromatic carbocycles. The Morgan fingerprint density at radius 3 is 2.94 bits per heavy atom. The van der Waals surface area contributed by atoms with Gasteiger partial charge in [-0.15, -0.1) is 11.3 Å². The number of benzene rings is 1. The van der Waals surface area contributed by atoms with Gasteiger partial charge in [0.1, 0.15) is 5.69 Å². The first-order chi connectivity index (χ1) is 8.72. The Hall–Kier alpha value is -1.68. The Morgan fingerprint density at radius 1 is 1.44 bits per heavy atom. The van der Waals surface area contributed by atoms with Crippen LogP contribution in [-0.2, 0) is 0 Å². The highest BCUT2D eigenvalue weighted by atomic mass is 32.1. The average molecular weight is 259 g/mol. The van der Waals surface area contributed by atoms with E-state index in [-0.39, 0.29) is 5.78 Å². The summed E-state index contributed by atoms with van der Waals surface area (Å²) in [5.74, 6) is -0.0213. The van der Waals surface area contributed by atoms with Crippen molar-refractivity contribution in [3.63, 3.8) is 0 Å². The summed E-state index contributed by atoms with van der Waals surface area (Å²) in [6, 6.07) is 7.56. The van der Waals surface area contributed by atoms with Crippen LogP contribution in [0.2, 0.25) is 0 Å². The van der Waals surface area contributed by atoms with Gasteiger partial charge in [0, 0.05) is 17.5 Å². The number of aromatic nitrogens is 1. The Balaban J connectivity index is 2.19. The van der Waals surface area contributed by atoms with Gasteiger partial charge in [0.25, 0.3) is 0 Å². The van der Waals surface area contributed by atoms with E-state index in [2.05, 4.69) is 17.2 Å². The number of aryl methyl sites for hydroxylation is 1. The Kier molecular flexibility index (Phi) is 4.10. The standard InChI is InChI=1S/C14H15N2OS/c1-3-8-15-14-16-12(9-18-14)13(17)11-7-5-4-6-10(11)2/h4-7,9H,1,3,8H2,2H3,(H,15,16). The van der Waals surface area contributed by atoms with E-state index in [1.807, 2.05) is 31.2 Å². The zero-order valence-electron chi connectivity index (χ0n) is 10.3. The maximum absolute atomic E-state index is 12.3. The molecule has 0 aliphatic rings. The van der Waals surface area contributed by atoms with Crippen LogP contribution in [0.15, 0.2) is 29.6 Å². The van der Waals surface area contributed by atoms with Crippen molar-refractivity contribution in [1.29, 1.82) is 0 Å². The normalized spacial score (nSPS) is 10.3. The molecule has 0 fully saturated rings. The maximum atomic E-state index is 12.3. The summed E-state index contributed by atoms with van der Waals surface area (Å²) < 4.78 is 0. The lowest BCUT2D eigenvalue weighted by molar-refractivity contribution is 0.103. The molecule has 93 valence electrons. The minimum Gasteiger partial charge on any atom is -0.362 e. The molecule has 1 radical (unpaired) electrons. The second kappa shape index (κ2) is 5.78. The van der Waals surface area contributed by atoms with Gasteiger partial charge in [-0.3, -0.25) is 4.79 Å². The minimum absolute atomic E-state index is 0.0213. The van der Waals surface area contributed by atoms with E-state index in [4.69, 9.17) is 0 Å². The Bertz CT molecular complexity index is 548. The third kappa shape index (κ3) is 2.76. The molecule has 2 aromatic rings. The van der Waals surface area contributed by atoms with Crippen molar-refractivity contribution >= 4 is 22.3 Å². The Labute approximate surface area is 111 Å². The van der Waals surface area contributed by atoms with Crippen molar-refractivity contribution < 1.29 is 4.79 Å². The first kappa shape index (κ1) is 12.8. The molecule has 0 bridgehead atoms. The molecule has 1 N–H and O–H groups in total. The monoisotopic (exact) mass is 259 g/mol. The molecule has 0 atom stereocenters. The van der Waals surface area contributed by atoms with Crippen molar-refractivity contribution in [2.24, 2.45) is 0 Å². The van der Waals surface area contributed by atoms with E-state index < -0.39 is 0 Å². The number of carbonyl (C=O) groups is 1. The fourth-order valence-corrected chi connectivity index (χ4v) is 2.34. The van der Waals surface area contributed by atoms with Crippen LogP contribution in [0.25, 0.3) is 0 Å². The summed E-state index contributed by atoms with van der Waals surface area (Å²) in [5, 5.41) is 5.69. The summed E-state index contributed by atoms with van der Waals surface area (Å²) in [5.41, 5.74) is 2.19. The van der Waals surface area contributed by atoms with Crippen molar-refractivity contribution in [1.82, 2.24) is 4.98 Å². The topological polar surface area (TPSA) is 42.0 Å². The molecule has 0 unspecified atom stereocenters. The summed E-state index contributed by atoms with van der Waals surface area (Å²) in [4.78, 5) is 16.6. The predicted octanol–water partition coefficient (Wildman–Crippen LogP) is 3.32. The fourth-order valence-electron chi connectivity index (χ4n) is 1.62. The van der Waals surface area contributed by atoms with Gasteiger partial charge in [-0.05, 0) is 18.9 Å². The SMILES string of the molecule is [CH2]CCNc1nc(C(=O)c2ccccc2C)cs1. The van der Waals surface area contributed by atoms with Gasteiger partial charge < -0.3 is 5.32 Å². The maximum Gasteiger partial charge on any atom is 0.212 e. The van der Waals surface area contributed by atoms with Crippen LogP contribution in [0.4, 0.5) is 5.13 Å². The number of hydrogen-bond donors (Lipinski definition) is 1. The van der Waals surface area contributed by atoms with Gasteiger partial charge in [-0.25, -0.2) is 4.98 Å². The van der Waals surface area contributed by atoms with E-state index >= 15 is 0 Å². The molecule has 1 heterocycles. The molecule has 0 aliphatic carbocycles. The zero-order valence-corrected chi connectivity index (χ0v) is 11.1. The second-order valence-electron chi connectivity index (χ2n) is 3.96. The highest BCUT2D eigenvalue weighted by Gasteiger charge is 2.14. The van der Waals surface area contributed by atoms with E-state index in [0.717, 1.165) is 23.7 Å². The number of thiazole rings is 1. The van der Waals surface area contributed by atoms with Gasteiger partial charge in [-0.2, -0.15) is 0 Å². The molecule has 0 spiro atoms. The van der Waals surface area contributed by atoms with Crippen LogP contribution in [0.5, 0.6) is 0 Å². The molecule has 1 aromatic heterocycles. The molecule has 0 amide bonds. The van der Waals surface area contributed by atoms with Crippen LogP contribution in [0.1, 0.15) is 28.0 Å². The summed E-state index contributed by atoms with van der Waals surface area (Å²) in [7, 11) is 0. The third-order valence-corrected chi connectivity index (χ3v) is 3.38. The number of carbonyl (C=O) groups excluding carboxylic acids is 1. The highest BCUT2D eigenvalue weighted by Crippen LogP contribution is 2.19. The van der Waals surface area contributed by atoms with Crippen LogP contribution >= 0.6 is 11.3 Å².